The summed E-state index contributed by atoms with van der Waals surface area (Å²) < 4.78 is 5.65. The Hall–Kier alpha value is -1.00. The molecule has 0 unspecified atom stereocenters. The monoisotopic (exact) mass is 278 g/mol. The lowest BCUT2D eigenvalue weighted by Gasteiger charge is -2.17. The molecule has 1 aromatic carbocycles. The van der Waals surface area contributed by atoms with Crippen molar-refractivity contribution in [3.63, 3.8) is 0 Å². The maximum absolute atomic E-state index is 5.65. The van der Waals surface area contributed by atoms with Crippen LogP contribution in [0.15, 0.2) is 33.9 Å². The molecule has 0 saturated carbocycles. The summed E-state index contributed by atoms with van der Waals surface area (Å²) in [5, 5.41) is 4.22. The maximum Gasteiger partial charge on any atom is 0.256 e. The van der Waals surface area contributed by atoms with Gasteiger partial charge in [0.15, 0.2) is 5.58 Å². The van der Waals surface area contributed by atoms with Gasteiger partial charge in [0.05, 0.1) is 0 Å². The lowest BCUT2D eigenvalue weighted by Crippen LogP contribution is -2.22. The third-order valence-corrected chi connectivity index (χ3v) is 3.66. The zero-order valence-corrected chi connectivity index (χ0v) is 12.7. The Labute approximate surface area is 119 Å². The third kappa shape index (κ3) is 4.88. The first-order valence-corrected chi connectivity index (χ1v) is 7.72. The van der Waals surface area contributed by atoms with Crippen LogP contribution in [0.5, 0.6) is 0 Å². The summed E-state index contributed by atoms with van der Waals surface area (Å²) in [4.78, 5) is 4.44. The van der Waals surface area contributed by atoms with E-state index in [2.05, 4.69) is 31.1 Å². The molecule has 4 heteroatoms. The van der Waals surface area contributed by atoms with Crippen molar-refractivity contribution >= 4 is 22.9 Å². The molecule has 0 aliphatic carbocycles. The van der Waals surface area contributed by atoms with Crippen molar-refractivity contribution in [2.24, 2.45) is 5.41 Å². The first-order valence-electron chi connectivity index (χ1n) is 6.74. The van der Waals surface area contributed by atoms with Crippen LogP contribution in [0.3, 0.4) is 0 Å². The van der Waals surface area contributed by atoms with Crippen LogP contribution in [0.2, 0.25) is 0 Å². The van der Waals surface area contributed by atoms with Crippen LogP contribution in [0.1, 0.15) is 27.2 Å². The van der Waals surface area contributed by atoms with Crippen molar-refractivity contribution in [1.82, 2.24) is 10.3 Å². The minimum Gasteiger partial charge on any atom is -0.431 e. The zero-order chi connectivity index (χ0) is 13.7. The Kier molecular flexibility index (Phi) is 4.88. The Balaban J connectivity index is 1.68. The van der Waals surface area contributed by atoms with Crippen molar-refractivity contribution in [2.75, 3.05) is 18.8 Å². The fraction of sp³-hybridized carbons (Fsp3) is 0.533. The molecule has 1 heterocycles. The Morgan fingerprint density at radius 1 is 1.21 bits per heavy atom. The Bertz CT molecular complexity index is 483. The highest BCUT2D eigenvalue weighted by Crippen LogP contribution is 2.22. The predicted molar refractivity (Wildman–Crippen MR) is 81.7 cm³/mol. The van der Waals surface area contributed by atoms with E-state index in [4.69, 9.17) is 4.42 Å². The van der Waals surface area contributed by atoms with Crippen molar-refractivity contribution < 1.29 is 4.42 Å². The molecule has 0 aliphatic heterocycles. The van der Waals surface area contributed by atoms with Crippen molar-refractivity contribution in [3.05, 3.63) is 24.3 Å². The number of para-hydroxylation sites is 2. The predicted octanol–water partition coefficient (Wildman–Crippen LogP) is 3.95. The number of thioether (sulfide) groups is 1. The highest BCUT2D eigenvalue weighted by Gasteiger charge is 2.09. The van der Waals surface area contributed by atoms with Crippen LogP contribution in [0, 0.1) is 5.41 Å². The quantitative estimate of drug-likeness (QED) is 0.641. The molecule has 0 saturated heterocycles. The second kappa shape index (κ2) is 6.44. The molecule has 0 amide bonds. The van der Waals surface area contributed by atoms with Crippen molar-refractivity contribution in [3.8, 4) is 0 Å². The molecule has 19 heavy (non-hydrogen) atoms. The number of hydrogen-bond acceptors (Lipinski definition) is 4. The van der Waals surface area contributed by atoms with E-state index in [-0.39, 0.29) is 0 Å². The average molecular weight is 278 g/mol. The van der Waals surface area contributed by atoms with Gasteiger partial charge in [0.1, 0.15) is 5.52 Å². The van der Waals surface area contributed by atoms with Gasteiger partial charge in [-0.3, -0.25) is 0 Å². The van der Waals surface area contributed by atoms with Gasteiger partial charge < -0.3 is 9.73 Å². The van der Waals surface area contributed by atoms with E-state index in [9.17, 15) is 0 Å². The van der Waals surface area contributed by atoms with Gasteiger partial charge in [-0.15, -0.1) is 0 Å². The SMILES string of the molecule is CC(C)(C)CCNCCSc1nc2ccccc2o1. The van der Waals surface area contributed by atoms with Gasteiger partial charge in [-0.2, -0.15) is 0 Å². The number of nitrogens with one attached hydrogen (secondary N) is 1. The normalized spacial score (nSPS) is 12.2. The van der Waals surface area contributed by atoms with E-state index in [0.717, 1.165) is 35.2 Å². The van der Waals surface area contributed by atoms with E-state index in [0.29, 0.717) is 5.41 Å². The van der Waals surface area contributed by atoms with Crippen LogP contribution < -0.4 is 5.32 Å². The van der Waals surface area contributed by atoms with Crippen LogP contribution in [-0.2, 0) is 0 Å². The van der Waals surface area contributed by atoms with Gasteiger partial charge in [0.25, 0.3) is 5.22 Å². The number of nitrogens with zero attached hydrogens (tertiary/aromatic N) is 1. The summed E-state index contributed by atoms with van der Waals surface area (Å²) in [6.45, 7) is 8.85. The number of fused-ring (bicyclic) bond motifs is 1. The van der Waals surface area contributed by atoms with Crippen LogP contribution >= 0.6 is 11.8 Å². The van der Waals surface area contributed by atoms with Gasteiger partial charge in [-0.25, -0.2) is 4.98 Å². The molecule has 0 atom stereocenters. The standard InChI is InChI=1S/C15H22N2OS/c1-15(2,3)8-9-16-10-11-19-14-17-12-6-4-5-7-13(12)18-14/h4-7,16H,8-11H2,1-3H3. The smallest absolute Gasteiger partial charge is 0.256 e. The second-order valence-electron chi connectivity index (χ2n) is 5.86. The highest BCUT2D eigenvalue weighted by atomic mass is 32.2. The summed E-state index contributed by atoms with van der Waals surface area (Å²) in [5.74, 6) is 0.983. The molecule has 0 spiro atoms. The Morgan fingerprint density at radius 3 is 2.74 bits per heavy atom. The molecule has 0 bridgehead atoms. The first kappa shape index (κ1) is 14.4. The van der Waals surface area contributed by atoms with E-state index in [1.54, 1.807) is 11.8 Å². The lowest BCUT2D eigenvalue weighted by molar-refractivity contribution is 0.369. The summed E-state index contributed by atoms with van der Waals surface area (Å²) >= 11 is 1.66. The largest absolute Gasteiger partial charge is 0.431 e. The fourth-order valence-electron chi connectivity index (χ4n) is 1.71. The minimum absolute atomic E-state index is 0.403. The average Bonchev–Trinajstić information content (AvgIpc) is 2.74. The van der Waals surface area contributed by atoms with Gasteiger partial charge in [0.2, 0.25) is 0 Å². The molecular formula is C15H22N2OS. The van der Waals surface area contributed by atoms with E-state index in [1.807, 2.05) is 24.3 Å². The zero-order valence-electron chi connectivity index (χ0n) is 11.9. The molecule has 0 radical (unpaired) electrons. The number of hydrogen-bond donors (Lipinski definition) is 1. The molecule has 2 aromatic rings. The highest BCUT2D eigenvalue weighted by molar-refractivity contribution is 7.99. The van der Waals surface area contributed by atoms with Gasteiger partial charge in [-0.1, -0.05) is 44.7 Å². The van der Waals surface area contributed by atoms with Gasteiger partial charge in [0, 0.05) is 12.3 Å². The van der Waals surface area contributed by atoms with E-state index >= 15 is 0 Å². The summed E-state index contributed by atoms with van der Waals surface area (Å²) in [6, 6.07) is 7.88. The van der Waals surface area contributed by atoms with E-state index in [1.165, 1.54) is 6.42 Å². The van der Waals surface area contributed by atoms with Crippen LogP contribution in [-0.4, -0.2) is 23.8 Å². The molecule has 0 aliphatic rings. The van der Waals surface area contributed by atoms with Crippen LogP contribution in [0.25, 0.3) is 11.1 Å². The third-order valence-electron chi connectivity index (χ3n) is 2.83. The molecular weight excluding hydrogens is 256 g/mol. The number of rotatable bonds is 6. The lowest BCUT2D eigenvalue weighted by atomic mass is 9.92. The molecule has 0 fully saturated rings. The second-order valence-corrected chi connectivity index (χ2v) is 6.90. The van der Waals surface area contributed by atoms with Gasteiger partial charge in [-0.05, 0) is 30.5 Å². The fourth-order valence-corrected chi connectivity index (χ4v) is 2.44. The minimum atomic E-state index is 0.403. The van der Waals surface area contributed by atoms with Gasteiger partial charge >= 0.3 is 0 Å². The first-order chi connectivity index (χ1) is 9.04. The summed E-state index contributed by atoms with van der Waals surface area (Å²) in [7, 11) is 0. The van der Waals surface area contributed by atoms with Crippen molar-refractivity contribution in [2.45, 2.75) is 32.4 Å². The topological polar surface area (TPSA) is 38.1 Å². The number of oxazole rings is 1. The Morgan fingerprint density at radius 2 is 2.00 bits per heavy atom. The summed E-state index contributed by atoms with van der Waals surface area (Å²) in [5.41, 5.74) is 2.21. The molecule has 1 aromatic heterocycles. The number of benzene rings is 1. The van der Waals surface area contributed by atoms with E-state index < -0.39 is 0 Å². The molecule has 1 N–H and O–H groups in total. The summed E-state index contributed by atoms with van der Waals surface area (Å²) in [6.07, 6.45) is 1.19. The molecule has 104 valence electrons. The molecule has 2 rings (SSSR count). The molecule has 3 nitrogen and oxygen atoms in total. The number of aromatic nitrogens is 1. The van der Waals surface area contributed by atoms with Crippen molar-refractivity contribution in [1.29, 1.82) is 0 Å². The maximum atomic E-state index is 5.65. The van der Waals surface area contributed by atoms with Crippen LogP contribution in [0.4, 0.5) is 0 Å².